The minimum atomic E-state index is -0.607. The maximum Gasteiger partial charge on any atom is 0.181 e. The molecule has 0 aromatic heterocycles. The highest BCUT2D eigenvalue weighted by atomic mass is 16.5. The van der Waals surface area contributed by atoms with Crippen LogP contribution in [0.4, 0.5) is 0 Å². The Morgan fingerprint density at radius 3 is 2.68 bits per heavy atom. The summed E-state index contributed by atoms with van der Waals surface area (Å²) in [7, 11) is 0. The van der Waals surface area contributed by atoms with E-state index in [2.05, 4.69) is 19.9 Å². The van der Waals surface area contributed by atoms with Gasteiger partial charge >= 0.3 is 0 Å². The van der Waals surface area contributed by atoms with Crippen LogP contribution in [0, 0.1) is 22.2 Å². The van der Waals surface area contributed by atoms with Gasteiger partial charge in [-0.25, -0.2) is 0 Å². The summed E-state index contributed by atoms with van der Waals surface area (Å²) in [6.45, 7) is 8.09. The number of rotatable bonds is 2. The molecule has 0 bridgehead atoms. The van der Waals surface area contributed by atoms with Gasteiger partial charge in [-0.15, -0.1) is 0 Å². The van der Waals surface area contributed by atoms with E-state index < -0.39 is 5.41 Å². The molecule has 0 aromatic rings. The summed E-state index contributed by atoms with van der Waals surface area (Å²) in [6, 6.07) is 2.08. The zero-order valence-corrected chi connectivity index (χ0v) is 12.3. The first-order valence-corrected chi connectivity index (χ1v) is 7.24. The van der Waals surface area contributed by atoms with E-state index >= 15 is 0 Å². The number of ketones is 1. The fourth-order valence-electron chi connectivity index (χ4n) is 3.66. The van der Waals surface area contributed by atoms with Crippen molar-refractivity contribution in [3.63, 3.8) is 0 Å². The van der Waals surface area contributed by atoms with Gasteiger partial charge in [-0.1, -0.05) is 19.9 Å². The Labute approximate surface area is 115 Å². The number of nitriles is 1. The number of carbonyl (C=O) groups excluding carboxylic acids is 1. The van der Waals surface area contributed by atoms with E-state index in [1.54, 1.807) is 0 Å². The zero-order chi connectivity index (χ0) is 14.3. The highest BCUT2D eigenvalue weighted by Crippen LogP contribution is 2.52. The van der Waals surface area contributed by atoms with Crippen LogP contribution in [0.2, 0.25) is 0 Å². The predicted octanol–water partition coefficient (Wildman–Crippen LogP) is 3.40. The molecule has 1 heterocycles. The van der Waals surface area contributed by atoms with Gasteiger partial charge in [0.05, 0.1) is 23.2 Å². The summed E-state index contributed by atoms with van der Waals surface area (Å²) in [5.74, 6) is -0.0687. The maximum atomic E-state index is 12.4. The molecule has 0 spiro atoms. The highest BCUT2D eigenvalue weighted by molar-refractivity contribution is 6.04. The van der Waals surface area contributed by atoms with Gasteiger partial charge in [0.15, 0.2) is 5.78 Å². The lowest BCUT2D eigenvalue weighted by Gasteiger charge is -2.53. The Bertz CT molecular complexity index is 458. The zero-order valence-electron chi connectivity index (χ0n) is 12.3. The Balaban J connectivity index is 2.50. The lowest BCUT2D eigenvalue weighted by molar-refractivity contribution is -0.175. The largest absolute Gasteiger partial charge is 0.373 e. The van der Waals surface area contributed by atoms with Gasteiger partial charge in [0.25, 0.3) is 0 Å². The van der Waals surface area contributed by atoms with Crippen molar-refractivity contribution in [1.29, 1.82) is 5.26 Å². The van der Waals surface area contributed by atoms with Gasteiger partial charge in [-0.2, -0.15) is 5.26 Å². The Morgan fingerprint density at radius 2 is 2.16 bits per heavy atom. The van der Waals surface area contributed by atoms with Crippen molar-refractivity contribution in [2.75, 3.05) is 0 Å². The van der Waals surface area contributed by atoms with Crippen molar-refractivity contribution < 1.29 is 9.53 Å². The van der Waals surface area contributed by atoms with Crippen molar-refractivity contribution in [3.8, 4) is 6.07 Å². The van der Waals surface area contributed by atoms with E-state index in [0.29, 0.717) is 5.57 Å². The molecule has 0 radical (unpaired) electrons. The summed E-state index contributed by atoms with van der Waals surface area (Å²) in [5.41, 5.74) is -0.431. The molecule has 0 unspecified atom stereocenters. The number of Topliss-reactive ketones (excluding diaryl/α,β-unsaturated/α-hetero) is 1. The van der Waals surface area contributed by atoms with Crippen molar-refractivity contribution in [2.24, 2.45) is 10.8 Å². The molecule has 3 atom stereocenters. The molecule has 19 heavy (non-hydrogen) atoms. The molecule has 0 saturated carbocycles. The lowest BCUT2D eigenvalue weighted by atomic mass is 9.58. The number of hydrogen-bond acceptors (Lipinski definition) is 3. The Morgan fingerprint density at radius 1 is 1.47 bits per heavy atom. The average Bonchev–Trinajstić information content (AvgIpc) is 2.42. The molecular formula is C16H23NO2. The van der Waals surface area contributed by atoms with Gasteiger partial charge in [0, 0.05) is 5.41 Å². The quantitative estimate of drug-likeness (QED) is 0.765. The maximum absolute atomic E-state index is 12.4. The first-order chi connectivity index (χ1) is 8.91. The molecule has 3 nitrogen and oxygen atoms in total. The van der Waals surface area contributed by atoms with Crippen LogP contribution in [-0.4, -0.2) is 18.0 Å². The van der Waals surface area contributed by atoms with Crippen molar-refractivity contribution >= 4 is 5.78 Å². The second kappa shape index (κ2) is 4.76. The van der Waals surface area contributed by atoms with Crippen molar-refractivity contribution in [2.45, 2.75) is 65.6 Å². The number of ether oxygens (including phenoxy) is 1. The summed E-state index contributed by atoms with van der Waals surface area (Å²) in [5, 5.41) is 9.21. The number of allylic oxidation sites excluding steroid dienone is 1. The molecule has 0 aromatic carbocycles. The predicted molar refractivity (Wildman–Crippen MR) is 73.4 cm³/mol. The molecule has 1 saturated heterocycles. The van der Waals surface area contributed by atoms with Crippen LogP contribution in [0.15, 0.2) is 11.6 Å². The van der Waals surface area contributed by atoms with Crippen LogP contribution in [0.3, 0.4) is 0 Å². The normalized spacial score (nSPS) is 37.2. The fourth-order valence-corrected chi connectivity index (χ4v) is 3.66. The van der Waals surface area contributed by atoms with Gasteiger partial charge in [0.1, 0.15) is 6.07 Å². The molecule has 0 amide bonds. The molecular weight excluding hydrogens is 238 g/mol. The minimum Gasteiger partial charge on any atom is -0.373 e. The molecule has 3 heteroatoms. The topological polar surface area (TPSA) is 50.1 Å². The third-order valence-corrected chi connectivity index (χ3v) is 4.93. The summed E-state index contributed by atoms with van der Waals surface area (Å²) < 4.78 is 6.24. The third kappa shape index (κ3) is 2.03. The second-order valence-electron chi connectivity index (χ2n) is 6.39. The molecule has 1 fully saturated rings. The molecule has 1 aliphatic heterocycles. The number of hydrogen-bond donors (Lipinski definition) is 0. The van der Waals surface area contributed by atoms with Crippen LogP contribution in [0.5, 0.6) is 0 Å². The van der Waals surface area contributed by atoms with Gasteiger partial charge in [-0.05, 0) is 39.5 Å². The molecule has 2 aliphatic rings. The van der Waals surface area contributed by atoms with Crippen LogP contribution < -0.4 is 0 Å². The molecule has 0 N–H and O–H groups in total. The Kier molecular flexibility index (Phi) is 3.57. The van der Waals surface area contributed by atoms with Crippen LogP contribution in [0.1, 0.15) is 53.4 Å². The fraction of sp³-hybridized carbons (Fsp3) is 0.750. The van der Waals surface area contributed by atoms with Crippen LogP contribution in [0.25, 0.3) is 0 Å². The number of nitrogens with zero attached hydrogens (tertiary/aromatic N) is 1. The van der Waals surface area contributed by atoms with Gasteiger partial charge in [0.2, 0.25) is 0 Å². The van der Waals surface area contributed by atoms with E-state index in [4.69, 9.17) is 4.74 Å². The lowest BCUT2D eigenvalue weighted by Crippen LogP contribution is -2.56. The second-order valence-corrected chi connectivity index (χ2v) is 6.39. The highest BCUT2D eigenvalue weighted by Gasteiger charge is 2.55. The van der Waals surface area contributed by atoms with E-state index in [1.807, 2.05) is 19.9 Å². The van der Waals surface area contributed by atoms with Crippen molar-refractivity contribution in [1.82, 2.24) is 0 Å². The average molecular weight is 261 g/mol. The van der Waals surface area contributed by atoms with Gasteiger partial charge in [-0.3, -0.25) is 4.79 Å². The summed E-state index contributed by atoms with van der Waals surface area (Å²) >= 11 is 0. The Hall–Kier alpha value is -1.14. The van der Waals surface area contributed by atoms with E-state index in [9.17, 15) is 10.1 Å². The molecule has 2 rings (SSSR count). The number of carbonyl (C=O) groups is 1. The molecule has 1 aliphatic carbocycles. The van der Waals surface area contributed by atoms with Crippen molar-refractivity contribution in [3.05, 3.63) is 11.6 Å². The first-order valence-electron chi connectivity index (χ1n) is 7.24. The monoisotopic (exact) mass is 261 g/mol. The van der Waals surface area contributed by atoms with E-state index in [0.717, 1.165) is 25.7 Å². The SMILES string of the molecule is CC[C@@H]1CC[C@]2(CC)C=C(C#N)C(=O)C(C)(C)[C@H]2O1. The van der Waals surface area contributed by atoms with Crippen LogP contribution >= 0.6 is 0 Å². The third-order valence-electron chi connectivity index (χ3n) is 4.93. The smallest absolute Gasteiger partial charge is 0.181 e. The van der Waals surface area contributed by atoms with E-state index in [1.165, 1.54) is 0 Å². The van der Waals surface area contributed by atoms with E-state index in [-0.39, 0.29) is 23.4 Å². The first kappa shape index (κ1) is 14.3. The summed E-state index contributed by atoms with van der Waals surface area (Å²) in [6.07, 6.45) is 5.96. The summed E-state index contributed by atoms with van der Waals surface area (Å²) in [4.78, 5) is 12.4. The van der Waals surface area contributed by atoms with Gasteiger partial charge < -0.3 is 4.74 Å². The number of fused-ring (bicyclic) bond motifs is 1. The van der Waals surface area contributed by atoms with Crippen LogP contribution in [-0.2, 0) is 9.53 Å². The minimum absolute atomic E-state index is 0.0687. The standard InChI is InChI=1S/C16H23NO2/c1-5-12-7-8-16(6-2)9-11(10-17)13(18)15(3,4)14(16)19-12/h9,12,14H,5-8H2,1-4H3/t12-,14-,16-/m1/s1. The molecule has 104 valence electrons.